The summed E-state index contributed by atoms with van der Waals surface area (Å²) < 4.78 is 37.2. The second-order valence-corrected chi connectivity index (χ2v) is 9.42. The van der Waals surface area contributed by atoms with Crippen molar-refractivity contribution in [3.8, 4) is 17.6 Å². The van der Waals surface area contributed by atoms with Gasteiger partial charge in [-0.15, -0.1) is 0 Å². The van der Waals surface area contributed by atoms with Gasteiger partial charge in [0.25, 0.3) is 0 Å². The molecule has 0 bridgehead atoms. The molecule has 5 nitrogen and oxygen atoms in total. The third-order valence-electron chi connectivity index (χ3n) is 4.40. The summed E-state index contributed by atoms with van der Waals surface area (Å²) in [6, 6.07) is 19.7. The van der Waals surface area contributed by atoms with Gasteiger partial charge in [0.2, 0.25) is 9.84 Å². The molecule has 0 spiro atoms. The Morgan fingerprint density at radius 1 is 0.938 bits per heavy atom. The molecule has 0 aliphatic heterocycles. The molecule has 164 valence electrons. The van der Waals surface area contributed by atoms with E-state index in [9.17, 15) is 13.7 Å². The zero-order chi connectivity index (χ0) is 23.1. The minimum Gasteiger partial charge on any atom is -0.490 e. The minimum absolute atomic E-state index is 0.0114. The van der Waals surface area contributed by atoms with Crippen molar-refractivity contribution >= 4 is 39.1 Å². The van der Waals surface area contributed by atoms with Crippen molar-refractivity contribution in [3.63, 3.8) is 0 Å². The summed E-state index contributed by atoms with van der Waals surface area (Å²) in [6.45, 7) is 2.52. The summed E-state index contributed by atoms with van der Waals surface area (Å²) in [5.41, 5.74) is 1.42. The number of rotatable bonds is 8. The van der Waals surface area contributed by atoms with E-state index >= 15 is 0 Å². The Bertz CT molecular complexity index is 1260. The highest BCUT2D eigenvalue weighted by molar-refractivity contribution is 7.95. The molecule has 0 amide bonds. The molecule has 0 aliphatic carbocycles. The predicted octanol–water partition coefficient (Wildman–Crippen LogP) is 6.31. The van der Waals surface area contributed by atoms with Crippen molar-refractivity contribution in [2.75, 3.05) is 6.61 Å². The largest absolute Gasteiger partial charge is 0.490 e. The van der Waals surface area contributed by atoms with Crippen molar-refractivity contribution < 1.29 is 17.9 Å². The number of allylic oxidation sites excluding steroid dienone is 1. The molecule has 0 fully saturated rings. The van der Waals surface area contributed by atoms with Gasteiger partial charge in [0.1, 0.15) is 17.6 Å². The van der Waals surface area contributed by atoms with Crippen molar-refractivity contribution in [2.45, 2.75) is 18.4 Å². The van der Waals surface area contributed by atoms with Gasteiger partial charge in [-0.1, -0.05) is 41.4 Å². The molecule has 0 heterocycles. The Kier molecular flexibility index (Phi) is 7.81. The fourth-order valence-electron chi connectivity index (χ4n) is 2.81. The third kappa shape index (κ3) is 5.83. The van der Waals surface area contributed by atoms with Gasteiger partial charge in [0, 0.05) is 10.0 Å². The predicted molar refractivity (Wildman–Crippen MR) is 126 cm³/mol. The Morgan fingerprint density at radius 3 is 2.16 bits per heavy atom. The van der Waals surface area contributed by atoms with Gasteiger partial charge in [-0.25, -0.2) is 8.42 Å². The number of benzene rings is 3. The lowest BCUT2D eigenvalue weighted by atomic mass is 10.2. The lowest BCUT2D eigenvalue weighted by Gasteiger charge is -2.13. The number of ether oxygens (including phenoxy) is 2. The van der Waals surface area contributed by atoms with E-state index < -0.39 is 14.7 Å². The fourth-order valence-corrected chi connectivity index (χ4v) is 4.22. The molecule has 3 aromatic rings. The number of nitriles is 1. The number of hydrogen-bond acceptors (Lipinski definition) is 5. The van der Waals surface area contributed by atoms with E-state index in [1.165, 1.54) is 30.3 Å². The van der Waals surface area contributed by atoms with Crippen molar-refractivity contribution in [1.82, 2.24) is 0 Å². The van der Waals surface area contributed by atoms with Crippen LogP contribution in [0.2, 0.25) is 10.0 Å². The van der Waals surface area contributed by atoms with Crippen LogP contribution in [0.3, 0.4) is 0 Å². The first kappa shape index (κ1) is 23.7. The molecule has 0 N–H and O–H groups in total. The second kappa shape index (κ2) is 10.6. The van der Waals surface area contributed by atoms with Crippen LogP contribution >= 0.6 is 23.2 Å². The molecule has 32 heavy (non-hydrogen) atoms. The summed E-state index contributed by atoms with van der Waals surface area (Å²) in [7, 11) is -3.99. The molecule has 0 unspecified atom stereocenters. The molecule has 3 aromatic carbocycles. The highest BCUT2D eigenvalue weighted by Gasteiger charge is 2.21. The quantitative estimate of drug-likeness (QED) is 0.348. The number of sulfone groups is 1. The van der Waals surface area contributed by atoms with Crippen LogP contribution in [-0.2, 0) is 16.4 Å². The van der Waals surface area contributed by atoms with Crippen LogP contribution in [0.15, 0.2) is 76.5 Å². The first-order valence-electron chi connectivity index (χ1n) is 9.60. The molecular weight excluding hydrogens is 469 g/mol. The lowest BCUT2D eigenvalue weighted by Crippen LogP contribution is -2.03. The summed E-state index contributed by atoms with van der Waals surface area (Å²) in [5, 5.41) is 10.6. The van der Waals surface area contributed by atoms with E-state index in [1.54, 1.807) is 36.4 Å². The fraction of sp³-hybridized carbons (Fsp3) is 0.125. The van der Waals surface area contributed by atoms with Gasteiger partial charge >= 0.3 is 0 Å². The van der Waals surface area contributed by atoms with Gasteiger partial charge < -0.3 is 9.47 Å². The third-order valence-corrected chi connectivity index (χ3v) is 6.58. The Balaban J connectivity index is 1.88. The van der Waals surface area contributed by atoms with Gasteiger partial charge in [-0.3, -0.25) is 0 Å². The maximum Gasteiger partial charge on any atom is 0.216 e. The smallest absolute Gasteiger partial charge is 0.216 e. The molecular formula is C24H19Cl2NO4S. The second-order valence-electron chi connectivity index (χ2n) is 6.63. The Morgan fingerprint density at radius 2 is 1.56 bits per heavy atom. The molecule has 0 atom stereocenters. The zero-order valence-electron chi connectivity index (χ0n) is 17.1. The van der Waals surface area contributed by atoms with Gasteiger partial charge in [0.05, 0.1) is 11.5 Å². The van der Waals surface area contributed by atoms with Crippen LogP contribution in [0.1, 0.15) is 18.1 Å². The molecule has 0 saturated carbocycles. The molecule has 0 radical (unpaired) electrons. The van der Waals surface area contributed by atoms with Gasteiger partial charge in [-0.2, -0.15) is 5.26 Å². The molecule has 3 rings (SSSR count). The molecule has 0 saturated heterocycles. The molecule has 0 aliphatic rings. The van der Waals surface area contributed by atoms with Crippen LogP contribution in [0.5, 0.6) is 11.5 Å². The standard InChI is InChI=1S/C24H19Cl2NO4S/c1-2-30-24-14-18(5-12-23(24)31-16-17-3-6-19(25)7-4-17)13-22(15-27)32(28,29)21-10-8-20(26)9-11-21/h3-14H,2,16H2,1H3. The van der Waals surface area contributed by atoms with Crippen molar-refractivity contribution in [3.05, 3.63) is 92.8 Å². The summed E-state index contributed by atoms with van der Waals surface area (Å²) in [4.78, 5) is -0.403. The maximum absolute atomic E-state index is 12.8. The average molecular weight is 488 g/mol. The maximum atomic E-state index is 12.8. The van der Waals surface area contributed by atoms with Gasteiger partial charge in [0.15, 0.2) is 11.5 Å². The van der Waals surface area contributed by atoms with Crippen molar-refractivity contribution in [2.24, 2.45) is 0 Å². The first-order chi connectivity index (χ1) is 15.3. The highest BCUT2D eigenvalue weighted by atomic mass is 35.5. The van der Waals surface area contributed by atoms with E-state index in [0.717, 1.165) is 5.56 Å². The monoisotopic (exact) mass is 487 g/mol. The van der Waals surface area contributed by atoms with E-state index in [0.29, 0.717) is 40.3 Å². The minimum atomic E-state index is -3.99. The Hall–Kier alpha value is -2.98. The summed E-state index contributed by atoms with van der Waals surface area (Å²) in [6.07, 6.45) is 1.30. The summed E-state index contributed by atoms with van der Waals surface area (Å²) in [5.74, 6) is 0.939. The van der Waals surface area contributed by atoms with Crippen LogP contribution < -0.4 is 9.47 Å². The summed E-state index contributed by atoms with van der Waals surface area (Å²) >= 11 is 11.7. The number of hydrogen-bond donors (Lipinski definition) is 0. The highest BCUT2D eigenvalue weighted by Crippen LogP contribution is 2.31. The Labute approximate surface area is 197 Å². The number of halogens is 2. The van der Waals surface area contributed by atoms with E-state index in [4.69, 9.17) is 32.7 Å². The zero-order valence-corrected chi connectivity index (χ0v) is 19.4. The van der Waals surface area contributed by atoms with Crippen LogP contribution in [-0.4, -0.2) is 15.0 Å². The van der Waals surface area contributed by atoms with Gasteiger partial charge in [-0.05, 0) is 72.7 Å². The normalized spacial score (nSPS) is 11.6. The van der Waals surface area contributed by atoms with E-state index in [2.05, 4.69) is 0 Å². The number of nitrogens with zero attached hydrogens (tertiary/aromatic N) is 1. The SMILES string of the molecule is CCOc1cc(C=C(C#N)S(=O)(=O)c2ccc(Cl)cc2)ccc1OCc1ccc(Cl)cc1. The topological polar surface area (TPSA) is 76.4 Å². The van der Waals surface area contributed by atoms with E-state index in [-0.39, 0.29) is 4.90 Å². The lowest BCUT2D eigenvalue weighted by molar-refractivity contribution is 0.269. The van der Waals surface area contributed by atoms with E-state index in [1.807, 2.05) is 19.1 Å². The van der Waals surface area contributed by atoms with Crippen LogP contribution in [0.25, 0.3) is 6.08 Å². The van der Waals surface area contributed by atoms with Crippen LogP contribution in [0.4, 0.5) is 0 Å². The molecule has 8 heteroatoms. The first-order valence-corrected chi connectivity index (χ1v) is 11.8. The van der Waals surface area contributed by atoms with Crippen molar-refractivity contribution in [1.29, 1.82) is 5.26 Å². The van der Waals surface area contributed by atoms with Crippen LogP contribution in [0, 0.1) is 11.3 Å². The molecule has 0 aromatic heterocycles. The average Bonchev–Trinajstić information content (AvgIpc) is 2.78.